The van der Waals surface area contributed by atoms with E-state index in [0.29, 0.717) is 59.0 Å². The fourth-order valence-corrected chi connectivity index (χ4v) is 2.74. The molecule has 1 atom stereocenters. The average Bonchev–Trinajstić information content (AvgIpc) is 2.77. The topological polar surface area (TPSA) is 146 Å². The molecule has 1 amide bonds. The van der Waals surface area contributed by atoms with Crippen LogP contribution in [-0.4, -0.2) is 69.7 Å². The Balaban J connectivity index is 0. The molecule has 10 heteroatoms. The molecule has 0 saturated carbocycles. The highest BCUT2D eigenvalue weighted by atomic mass is 32.1. The van der Waals surface area contributed by atoms with Crippen molar-refractivity contribution in [1.29, 1.82) is 0 Å². The van der Waals surface area contributed by atoms with E-state index >= 15 is 0 Å². The van der Waals surface area contributed by atoms with Crippen LogP contribution in [0.3, 0.4) is 0 Å². The van der Waals surface area contributed by atoms with Crippen molar-refractivity contribution in [2.75, 3.05) is 52.7 Å². The van der Waals surface area contributed by atoms with Crippen LogP contribution in [-0.2, 0) is 23.8 Å². The molecule has 0 fully saturated rings. The summed E-state index contributed by atoms with van der Waals surface area (Å²) in [4.78, 5) is 22.9. The van der Waals surface area contributed by atoms with Crippen LogP contribution in [0.2, 0.25) is 0 Å². The van der Waals surface area contributed by atoms with Crippen molar-refractivity contribution in [2.45, 2.75) is 64.7 Å². The van der Waals surface area contributed by atoms with Crippen LogP contribution in [0, 0.1) is 5.92 Å². The average molecular weight is 468 g/mol. The van der Waals surface area contributed by atoms with Crippen molar-refractivity contribution in [3.05, 3.63) is 0 Å². The molecule has 0 heterocycles. The van der Waals surface area contributed by atoms with Crippen LogP contribution < -0.4 is 16.2 Å². The molecular weight excluding hydrogens is 422 g/mol. The molecule has 0 aliphatic heterocycles. The maximum atomic E-state index is 11.8. The fraction of sp³-hybridized carbons (Fsp3) is 0.905. The lowest BCUT2D eigenvalue weighted by Gasteiger charge is -2.12. The van der Waals surface area contributed by atoms with E-state index in [9.17, 15) is 14.7 Å². The summed E-state index contributed by atoms with van der Waals surface area (Å²) in [6.07, 6.45) is 7.70. The van der Waals surface area contributed by atoms with E-state index in [4.69, 9.17) is 19.9 Å². The number of carboxylic acids is 1. The van der Waals surface area contributed by atoms with E-state index in [0.717, 1.165) is 25.9 Å². The molecule has 0 aromatic rings. The third-order valence-electron chi connectivity index (χ3n) is 4.53. The summed E-state index contributed by atoms with van der Waals surface area (Å²) < 4.78 is 16.3. The van der Waals surface area contributed by atoms with Crippen molar-refractivity contribution < 1.29 is 28.9 Å². The minimum absolute atomic E-state index is 0.131. The van der Waals surface area contributed by atoms with Gasteiger partial charge in [-0.1, -0.05) is 32.6 Å². The summed E-state index contributed by atoms with van der Waals surface area (Å²) in [6.45, 7) is 6.29. The molecule has 0 spiro atoms. The SMILES string of the molecule is CCCCCCOCCOCCOCCC(=O)NCCC(CCCCN)C(=O)O.NS. The van der Waals surface area contributed by atoms with Gasteiger partial charge in [0.25, 0.3) is 0 Å². The Morgan fingerprint density at radius 2 is 1.48 bits per heavy atom. The third-order valence-corrected chi connectivity index (χ3v) is 4.53. The number of hydrogen-bond donors (Lipinski definition) is 5. The molecule has 9 nitrogen and oxygen atoms in total. The van der Waals surface area contributed by atoms with Crippen molar-refractivity contribution in [2.24, 2.45) is 16.8 Å². The van der Waals surface area contributed by atoms with Gasteiger partial charge in [0.15, 0.2) is 0 Å². The molecule has 1 unspecified atom stereocenters. The number of carboxylic acid groups (broad SMARTS) is 1. The van der Waals surface area contributed by atoms with E-state index < -0.39 is 11.9 Å². The maximum absolute atomic E-state index is 11.8. The molecule has 0 radical (unpaired) electrons. The van der Waals surface area contributed by atoms with Crippen LogP contribution in [0.1, 0.15) is 64.7 Å². The second kappa shape index (κ2) is 27.1. The zero-order valence-corrected chi connectivity index (χ0v) is 20.1. The Labute approximate surface area is 193 Å². The van der Waals surface area contributed by atoms with Crippen molar-refractivity contribution in [3.8, 4) is 0 Å². The van der Waals surface area contributed by atoms with Gasteiger partial charge in [-0.3, -0.25) is 14.7 Å². The first kappa shape index (κ1) is 32.3. The molecule has 31 heavy (non-hydrogen) atoms. The van der Waals surface area contributed by atoms with Crippen LogP contribution in [0.25, 0.3) is 0 Å². The smallest absolute Gasteiger partial charge is 0.306 e. The van der Waals surface area contributed by atoms with Crippen molar-refractivity contribution >= 4 is 24.7 Å². The predicted octanol–water partition coefficient (Wildman–Crippen LogP) is 2.13. The predicted molar refractivity (Wildman–Crippen MR) is 126 cm³/mol. The Morgan fingerprint density at radius 3 is 2.06 bits per heavy atom. The maximum Gasteiger partial charge on any atom is 0.306 e. The van der Waals surface area contributed by atoms with Gasteiger partial charge in [-0.2, -0.15) is 0 Å². The molecule has 0 aromatic carbocycles. The summed E-state index contributed by atoms with van der Waals surface area (Å²) in [5, 5.41) is 16.1. The van der Waals surface area contributed by atoms with Gasteiger partial charge in [0.1, 0.15) is 0 Å². The first-order chi connectivity index (χ1) is 15.1. The van der Waals surface area contributed by atoms with Crippen LogP contribution in [0.15, 0.2) is 0 Å². The van der Waals surface area contributed by atoms with E-state index in [1.165, 1.54) is 19.3 Å². The molecular formula is C21H45N3O6S. The Morgan fingerprint density at radius 1 is 0.871 bits per heavy atom. The first-order valence-corrected chi connectivity index (χ1v) is 11.8. The summed E-state index contributed by atoms with van der Waals surface area (Å²) >= 11 is 3.03. The summed E-state index contributed by atoms with van der Waals surface area (Å²) in [5.74, 6) is -1.38. The number of nitrogens with two attached hydrogens (primary N) is 2. The number of aliphatic carboxylic acids is 1. The van der Waals surface area contributed by atoms with E-state index in [-0.39, 0.29) is 12.3 Å². The van der Waals surface area contributed by atoms with E-state index in [1.807, 2.05) is 0 Å². The number of hydrogen-bond acceptors (Lipinski definition) is 8. The van der Waals surface area contributed by atoms with E-state index in [1.54, 1.807) is 0 Å². The van der Waals surface area contributed by atoms with Crippen molar-refractivity contribution in [3.63, 3.8) is 0 Å². The number of carbonyl (C=O) groups is 2. The third kappa shape index (κ3) is 25.2. The molecule has 0 aliphatic carbocycles. The standard InChI is InChI=1S/C21H42N2O6.H3NS/c1-2-3-4-7-13-27-15-17-29-18-16-28-14-10-20(24)23-12-9-19(21(25)26)8-5-6-11-22;1-2/h19H,2-18,22H2,1H3,(H,23,24)(H,25,26);2H,1H2. The molecule has 186 valence electrons. The van der Waals surface area contributed by atoms with Crippen molar-refractivity contribution in [1.82, 2.24) is 5.32 Å². The van der Waals surface area contributed by atoms with Crippen LogP contribution in [0.5, 0.6) is 0 Å². The second-order valence-corrected chi connectivity index (χ2v) is 7.11. The summed E-state index contributed by atoms with van der Waals surface area (Å²) in [7, 11) is 0. The molecule has 0 bridgehead atoms. The number of unbranched alkanes of at least 4 members (excludes halogenated alkanes) is 4. The summed E-state index contributed by atoms with van der Waals surface area (Å²) in [6, 6.07) is 0. The van der Waals surface area contributed by atoms with Crippen LogP contribution in [0.4, 0.5) is 0 Å². The summed E-state index contributed by atoms with van der Waals surface area (Å²) in [5.41, 5.74) is 5.42. The minimum atomic E-state index is -0.818. The van der Waals surface area contributed by atoms with Gasteiger partial charge < -0.3 is 30.4 Å². The monoisotopic (exact) mass is 467 g/mol. The second-order valence-electron chi connectivity index (χ2n) is 7.11. The lowest BCUT2D eigenvalue weighted by atomic mass is 9.98. The van der Waals surface area contributed by atoms with Crippen LogP contribution >= 0.6 is 12.8 Å². The molecule has 0 rings (SSSR count). The van der Waals surface area contributed by atoms with Gasteiger partial charge >= 0.3 is 5.97 Å². The number of amides is 1. The molecule has 0 saturated heterocycles. The number of carbonyl (C=O) groups excluding carboxylic acids is 1. The Kier molecular flexibility index (Phi) is 28.2. The van der Waals surface area contributed by atoms with Gasteiger partial charge in [-0.05, 0) is 32.2 Å². The lowest BCUT2D eigenvalue weighted by molar-refractivity contribution is -0.142. The van der Waals surface area contributed by atoms with Gasteiger partial charge in [0, 0.05) is 19.6 Å². The van der Waals surface area contributed by atoms with Gasteiger partial charge in [0.2, 0.25) is 5.91 Å². The molecule has 0 aliphatic rings. The number of ether oxygens (including phenoxy) is 3. The zero-order valence-electron chi connectivity index (χ0n) is 19.2. The number of nitrogens with one attached hydrogen (secondary N) is 1. The van der Waals surface area contributed by atoms with Gasteiger partial charge in [-0.25, -0.2) is 0 Å². The Bertz CT molecular complexity index is 405. The normalized spacial score (nSPS) is 11.5. The number of thiol groups is 1. The highest BCUT2D eigenvalue weighted by molar-refractivity contribution is 7.77. The molecule has 6 N–H and O–H groups in total. The van der Waals surface area contributed by atoms with Gasteiger partial charge in [-0.15, -0.1) is 12.8 Å². The van der Waals surface area contributed by atoms with Gasteiger partial charge in [0.05, 0.1) is 39.0 Å². The molecule has 0 aromatic heterocycles. The Hall–Kier alpha value is -0.910. The minimum Gasteiger partial charge on any atom is -0.481 e. The highest BCUT2D eigenvalue weighted by Crippen LogP contribution is 2.12. The highest BCUT2D eigenvalue weighted by Gasteiger charge is 2.16. The van der Waals surface area contributed by atoms with E-state index in [2.05, 4.69) is 30.2 Å². The zero-order chi connectivity index (χ0) is 23.6. The largest absolute Gasteiger partial charge is 0.481 e. The number of rotatable bonds is 22. The quantitative estimate of drug-likeness (QED) is 0.120. The fourth-order valence-electron chi connectivity index (χ4n) is 2.74. The first-order valence-electron chi connectivity index (χ1n) is 11.3. The lowest BCUT2D eigenvalue weighted by Crippen LogP contribution is -2.28.